The molecular formula is C15H16BrFN2O. The highest BCUT2D eigenvalue weighted by molar-refractivity contribution is 9.10. The lowest BCUT2D eigenvalue weighted by Crippen LogP contribution is -2.30. The summed E-state index contributed by atoms with van der Waals surface area (Å²) >= 11 is 3.43. The van der Waals surface area contributed by atoms with Gasteiger partial charge >= 0.3 is 0 Å². The van der Waals surface area contributed by atoms with Crippen LogP contribution in [0.4, 0.5) is 4.39 Å². The maximum absolute atomic E-state index is 14.4. The van der Waals surface area contributed by atoms with Crippen molar-refractivity contribution < 1.29 is 9.13 Å². The molecular weight excluding hydrogens is 323 g/mol. The van der Waals surface area contributed by atoms with Crippen LogP contribution in [0.5, 0.6) is 5.75 Å². The van der Waals surface area contributed by atoms with Crippen molar-refractivity contribution in [2.45, 2.75) is 13.0 Å². The number of hydrogen-bond donors (Lipinski definition) is 2. The topological polar surface area (TPSA) is 47.3 Å². The first-order chi connectivity index (χ1) is 9.58. The molecule has 0 saturated heterocycles. The Hall–Kier alpha value is -1.43. The Bertz CT molecular complexity index is 619. The summed E-state index contributed by atoms with van der Waals surface area (Å²) in [4.78, 5) is 0. The maximum atomic E-state index is 14.4. The van der Waals surface area contributed by atoms with Gasteiger partial charge in [-0.3, -0.25) is 5.84 Å². The van der Waals surface area contributed by atoms with Crippen molar-refractivity contribution >= 4 is 15.9 Å². The molecule has 1 unspecified atom stereocenters. The second-order valence-corrected chi connectivity index (χ2v) is 5.38. The van der Waals surface area contributed by atoms with Crippen LogP contribution in [-0.2, 0) is 0 Å². The van der Waals surface area contributed by atoms with Gasteiger partial charge in [0.1, 0.15) is 0 Å². The average Bonchev–Trinajstić information content (AvgIpc) is 2.45. The van der Waals surface area contributed by atoms with Crippen molar-refractivity contribution in [1.29, 1.82) is 0 Å². The van der Waals surface area contributed by atoms with Crippen LogP contribution in [0.15, 0.2) is 40.9 Å². The SMILES string of the molecule is COc1cccc(C(NN)c2cc(Br)ccc2C)c1F. The van der Waals surface area contributed by atoms with Crippen molar-refractivity contribution in [1.82, 2.24) is 5.43 Å². The highest BCUT2D eigenvalue weighted by Crippen LogP contribution is 2.31. The molecule has 2 aromatic rings. The molecule has 2 rings (SSSR count). The minimum absolute atomic E-state index is 0.204. The highest BCUT2D eigenvalue weighted by atomic mass is 79.9. The Morgan fingerprint density at radius 2 is 2.00 bits per heavy atom. The van der Waals surface area contributed by atoms with E-state index >= 15 is 0 Å². The third kappa shape index (κ3) is 2.85. The fourth-order valence-corrected chi connectivity index (χ4v) is 2.56. The second-order valence-electron chi connectivity index (χ2n) is 4.46. The van der Waals surface area contributed by atoms with Crippen molar-refractivity contribution in [3.05, 3.63) is 63.4 Å². The molecule has 0 aliphatic carbocycles. The minimum Gasteiger partial charge on any atom is -0.494 e. The Kier molecular flexibility index (Phi) is 4.75. The number of benzene rings is 2. The summed E-state index contributed by atoms with van der Waals surface area (Å²) in [6.45, 7) is 1.96. The number of hydrazine groups is 1. The van der Waals surface area contributed by atoms with Gasteiger partial charge in [0.25, 0.3) is 0 Å². The van der Waals surface area contributed by atoms with Crippen LogP contribution in [0.2, 0.25) is 0 Å². The van der Waals surface area contributed by atoms with E-state index in [1.165, 1.54) is 7.11 Å². The van der Waals surface area contributed by atoms with Crippen molar-refractivity contribution in [2.75, 3.05) is 7.11 Å². The highest BCUT2D eigenvalue weighted by Gasteiger charge is 2.20. The van der Waals surface area contributed by atoms with Gasteiger partial charge in [-0.1, -0.05) is 34.1 Å². The van der Waals surface area contributed by atoms with E-state index in [0.29, 0.717) is 5.56 Å². The van der Waals surface area contributed by atoms with Gasteiger partial charge < -0.3 is 4.74 Å². The standard InChI is InChI=1S/C15H16BrFN2O/c1-9-6-7-10(16)8-12(9)15(19-18)11-4-3-5-13(20-2)14(11)17/h3-8,15,19H,18H2,1-2H3. The molecule has 20 heavy (non-hydrogen) atoms. The Balaban J connectivity index is 2.55. The first-order valence-corrected chi connectivity index (χ1v) is 6.92. The molecule has 0 radical (unpaired) electrons. The molecule has 0 aliphatic rings. The van der Waals surface area contributed by atoms with E-state index in [9.17, 15) is 4.39 Å². The molecule has 106 valence electrons. The van der Waals surface area contributed by atoms with Gasteiger partial charge in [-0.05, 0) is 36.2 Å². The molecule has 0 heterocycles. The molecule has 1 atom stereocenters. The third-order valence-corrected chi connectivity index (χ3v) is 3.74. The number of rotatable bonds is 4. The summed E-state index contributed by atoms with van der Waals surface area (Å²) in [5, 5.41) is 0. The largest absolute Gasteiger partial charge is 0.494 e. The van der Waals surface area contributed by atoms with Gasteiger partial charge in [0, 0.05) is 10.0 Å². The van der Waals surface area contributed by atoms with Gasteiger partial charge in [-0.25, -0.2) is 9.82 Å². The van der Waals surface area contributed by atoms with Crippen LogP contribution in [-0.4, -0.2) is 7.11 Å². The van der Waals surface area contributed by atoms with Crippen LogP contribution in [0.25, 0.3) is 0 Å². The molecule has 0 spiro atoms. The van der Waals surface area contributed by atoms with Crippen molar-refractivity contribution in [3.8, 4) is 5.75 Å². The first-order valence-electron chi connectivity index (χ1n) is 6.13. The van der Waals surface area contributed by atoms with E-state index in [-0.39, 0.29) is 5.75 Å². The predicted octanol–water partition coefficient (Wildman–Crippen LogP) is 3.46. The van der Waals surface area contributed by atoms with E-state index < -0.39 is 11.9 Å². The summed E-state index contributed by atoms with van der Waals surface area (Å²) in [6, 6.07) is 10.4. The quantitative estimate of drug-likeness (QED) is 0.663. The fraction of sp³-hybridized carbons (Fsp3) is 0.200. The van der Waals surface area contributed by atoms with Crippen LogP contribution in [0.1, 0.15) is 22.7 Å². The molecule has 3 N–H and O–H groups in total. The lowest BCUT2D eigenvalue weighted by atomic mass is 9.95. The normalized spacial score (nSPS) is 12.2. The Morgan fingerprint density at radius 3 is 2.65 bits per heavy atom. The van der Waals surface area contributed by atoms with E-state index in [4.69, 9.17) is 10.6 Å². The zero-order chi connectivity index (χ0) is 14.7. The average molecular weight is 339 g/mol. The van der Waals surface area contributed by atoms with E-state index in [0.717, 1.165) is 15.6 Å². The van der Waals surface area contributed by atoms with Gasteiger partial charge in [0.2, 0.25) is 0 Å². The van der Waals surface area contributed by atoms with E-state index in [2.05, 4.69) is 21.4 Å². The summed E-state index contributed by atoms with van der Waals surface area (Å²) in [5.41, 5.74) is 5.07. The molecule has 3 nitrogen and oxygen atoms in total. The van der Waals surface area contributed by atoms with Gasteiger partial charge in [0.05, 0.1) is 13.2 Å². The monoisotopic (exact) mass is 338 g/mol. The Labute approximate surface area is 126 Å². The van der Waals surface area contributed by atoms with Gasteiger partial charge in [0.15, 0.2) is 11.6 Å². The summed E-state index contributed by atoms with van der Waals surface area (Å²) in [6.07, 6.45) is 0. The lowest BCUT2D eigenvalue weighted by molar-refractivity contribution is 0.381. The molecule has 0 saturated carbocycles. The summed E-state index contributed by atoms with van der Waals surface area (Å²) < 4.78 is 20.3. The molecule has 0 aliphatic heterocycles. The molecule has 2 aromatic carbocycles. The first kappa shape index (κ1) is 15.0. The zero-order valence-electron chi connectivity index (χ0n) is 11.3. The van der Waals surface area contributed by atoms with Gasteiger partial charge in [-0.2, -0.15) is 0 Å². The maximum Gasteiger partial charge on any atom is 0.170 e. The third-order valence-electron chi connectivity index (χ3n) is 3.24. The molecule has 0 aromatic heterocycles. The summed E-state index contributed by atoms with van der Waals surface area (Å²) in [5.74, 6) is 5.44. The second kappa shape index (κ2) is 6.35. The lowest BCUT2D eigenvalue weighted by Gasteiger charge is -2.20. The fourth-order valence-electron chi connectivity index (χ4n) is 2.18. The number of nitrogens with two attached hydrogens (primary N) is 1. The molecule has 0 bridgehead atoms. The van der Waals surface area contributed by atoms with E-state index in [1.54, 1.807) is 18.2 Å². The zero-order valence-corrected chi connectivity index (χ0v) is 12.9. The Morgan fingerprint density at radius 1 is 1.25 bits per heavy atom. The smallest absolute Gasteiger partial charge is 0.170 e. The minimum atomic E-state index is -0.442. The number of nitrogens with one attached hydrogen (secondary N) is 1. The molecule has 0 amide bonds. The van der Waals surface area contributed by atoms with Crippen LogP contribution in [0, 0.1) is 12.7 Å². The van der Waals surface area contributed by atoms with Gasteiger partial charge in [-0.15, -0.1) is 0 Å². The predicted molar refractivity (Wildman–Crippen MR) is 81.0 cm³/mol. The molecule has 5 heteroatoms. The van der Waals surface area contributed by atoms with Crippen LogP contribution in [0.3, 0.4) is 0 Å². The van der Waals surface area contributed by atoms with Crippen LogP contribution >= 0.6 is 15.9 Å². The van der Waals surface area contributed by atoms with Crippen LogP contribution < -0.4 is 16.0 Å². The number of ether oxygens (including phenoxy) is 1. The van der Waals surface area contributed by atoms with Crippen molar-refractivity contribution in [2.24, 2.45) is 5.84 Å². The number of hydrogen-bond acceptors (Lipinski definition) is 3. The van der Waals surface area contributed by atoms with E-state index in [1.807, 2.05) is 25.1 Å². The van der Waals surface area contributed by atoms with Crippen molar-refractivity contribution in [3.63, 3.8) is 0 Å². The summed E-state index contributed by atoms with van der Waals surface area (Å²) in [7, 11) is 1.44. The molecule has 0 fully saturated rings. The number of aryl methyl sites for hydroxylation is 1. The number of methoxy groups -OCH3 is 1. The number of halogens is 2.